The van der Waals surface area contributed by atoms with Gasteiger partial charge in [0, 0.05) is 44.2 Å². The fraction of sp³-hybridized carbons (Fsp3) is 0. The average Bonchev–Trinajstić information content (AvgIpc) is 3.81. The molecule has 0 atom stereocenters. The molecule has 0 aliphatic rings. The maximum atomic E-state index is 6.72. The molecule has 0 fully saturated rings. The third-order valence-corrected chi connectivity index (χ3v) is 10.8. The maximum absolute atomic E-state index is 6.72. The molecular formula is C52H33NO2. The van der Waals surface area contributed by atoms with Crippen LogP contribution in [-0.2, 0) is 0 Å². The third kappa shape index (κ3) is 5.28. The van der Waals surface area contributed by atoms with Crippen LogP contribution in [0.5, 0.6) is 0 Å². The molecule has 0 N–H and O–H groups in total. The van der Waals surface area contributed by atoms with Crippen LogP contribution in [0.15, 0.2) is 209 Å². The summed E-state index contributed by atoms with van der Waals surface area (Å²) in [7, 11) is 0. The number of hydrogen-bond donors (Lipinski definition) is 0. The van der Waals surface area contributed by atoms with Gasteiger partial charge in [0.05, 0.1) is 0 Å². The molecule has 0 bridgehead atoms. The highest BCUT2D eigenvalue weighted by Gasteiger charge is 2.21. The highest BCUT2D eigenvalue weighted by Crippen LogP contribution is 2.46. The highest BCUT2D eigenvalue weighted by molar-refractivity contribution is 6.23. The van der Waals surface area contributed by atoms with Gasteiger partial charge >= 0.3 is 0 Å². The predicted molar refractivity (Wildman–Crippen MR) is 229 cm³/mol. The summed E-state index contributed by atoms with van der Waals surface area (Å²) in [5, 5.41) is 6.70. The molecule has 0 amide bonds. The summed E-state index contributed by atoms with van der Waals surface area (Å²) in [4.78, 5) is 2.33. The lowest BCUT2D eigenvalue weighted by Gasteiger charge is -2.26. The van der Waals surface area contributed by atoms with Crippen molar-refractivity contribution in [3.05, 3.63) is 200 Å². The first-order chi connectivity index (χ1) is 27.2. The van der Waals surface area contributed by atoms with Crippen LogP contribution < -0.4 is 4.90 Å². The minimum atomic E-state index is 0.853. The zero-order valence-corrected chi connectivity index (χ0v) is 29.8. The van der Waals surface area contributed by atoms with Crippen molar-refractivity contribution in [1.29, 1.82) is 0 Å². The van der Waals surface area contributed by atoms with Crippen molar-refractivity contribution in [2.24, 2.45) is 0 Å². The Morgan fingerprint density at radius 2 is 0.873 bits per heavy atom. The van der Waals surface area contributed by atoms with E-state index in [1.54, 1.807) is 0 Å². The summed E-state index contributed by atoms with van der Waals surface area (Å²) in [6, 6.07) is 70.9. The molecule has 2 heterocycles. The van der Waals surface area contributed by atoms with Crippen LogP contribution in [0.4, 0.5) is 17.1 Å². The van der Waals surface area contributed by atoms with E-state index in [2.05, 4.69) is 187 Å². The zero-order valence-electron chi connectivity index (χ0n) is 29.8. The number of anilines is 3. The SMILES string of the molecule is c1ccc(-c2ccc(N(c3ccc(-c4ccc5oc6c(-c7ccccc7)c7c(cc6c5c4)oc4ccccc47)cc3)c3ccc4ccccc4c3)cc2)cc1. The summed E-state index contributed by atoms with van der Waals surface area (Å²) >= 11 is 0. The van der Waals surface area contributed by atoms with Crippen molar-refractivity contribution >= 4 is 71.7 Å². The Bertz CT molecular complexity index is 3180. The number of hydrogen-bond acceptors (Lipinski definition) is 3. The van der Waals surface area contributed by atoms with Gasteiger partial charge in [0.1, 0.15) is 22.3 Å². The minimum absolute atomic E-state index is 0.853. The van der Waals surface area contributed by atoms with E-state index in [1.165, 1.54) is 21.9 Å². The molecule has 0 saturated carbocycles. The predicted octanol–water partition coefficient (Wildman–Crippen LogP) is 15.1. The molecule has 11 aromatic rings. The Balaban J connectivity index is 1.02. The second kappa shape index (κ2) is 12.6. The van der Waals surface area contributed by atoms with Crippen LogP contribution in [0.3, 0.4) is 0 Å². The quantitative estimate of drug-likeness (QED) is 0.173. The van der Waals surface area contributed by atoms with E-state index in [0.29, 0.717) is 0 Å². The zero-order chi connectivity index (χ0) is 36.3. The molecule has 11 rings (SSSR count). The van der Waals surface area contributed by atoms with Gasteiger partial charge in [-0.25, -0.2) is 0 Å². The lowest BCUT2D eigenvalue weighted by Crippen LogP contribution is -2.09. The molecule has 3 heteroatoms. The van der Waals surface area contributed by atoms with Gasteiger partial charge in [0.25, 0.3) is 0 Å². The molecule has 258 valence electrons. The Labute approximate surface area is 317 Å². The molecule has 9 aromatic carbocycles. The van der Waals surface area contributed by atoms with Gasteiger partial charge in [-0.3, -0.25) is 0 Å². The van der Waals surface area contributed by atoms with Gasteiger partial charge in [-0.15, -0.1) is 0 Å². The number of benzene rings is 9. The minimum Gasteiger partial charge on any atom is -0.456 e. The van der Waals surface area contributed by atoms with E-state index in [1.807, 2.05) is 18.2 Å². The lowest BCUT2D eigenvalue weighted by atomic mass is 9.96. The molecule has 0 aliphatic carbocycles. The van der Waals surface area contributed by atoms with E-state index in [-0.39, 0.29) is 0 Å². The summed E-state index contributed by atoms with van der Waals surface area (Å²) in [5.41, 5.74) is 13.6. The first-order valence-electron chi connectivity index (χ1n) is 18.7. The number of fused-ring (bicyclic) bond motifs is 7. The first kappa shape index (κ1) is 31.2. The topological polar surface area (TPSA) is 29.5 Å². The van der Waals surface area contributed by atoms with Crippen molar-refractivity contribution in [1.82, 2.24) is 0 Å². The standard InChI is InChI=1S/C52H33NO2/c1-3-11-34(12-4-1)36-19-25-41(26-20-36)53(43-29-23-35-13-7-8-16-39(35)31-43)42-27-21-37(22-28-42)40-24-30-48-45(32-40)46-33-49-51(44-17-9-10-18-47(44)54-49)50(52(46)55-48)38-14-5-2-6-15-38/h1-33H. The van der Waals surface area contributed by atoms with E-state index in [9.17, 15) is 0 Å². The smallest absolute Gasteiger partial charge is 0.144 e. The molecule has 0 radical (unpaired) electrons. The molecule has 0 spiro atoms. The van der Waals surface area contributed by atoms with E-state index >= 15 is 0 Å². The van der Waals surface area contributed by atoms with Gasteiger partial charge < -0.3 is 13.7 Å². The third-order valence-electron chi connectivity index (χ3n) is 10.8. The Morgan fingerprint density at radius 1 is 0.309 bits per heavy atom. The number of nitrogens with zero attached hydrogens (tertiary/aromatic N) is 1. The van der Waals surface area contributed by atoms with Crippen LogP contribution >= 0.6 is 0 Å². The van der Waals surface area contributed by atoms with E-state index in [4.69, 9.17) is 8.83 Å². The lowest BCUT2D eigenvalue weighted by molar-refractivity contribution is 0.664. The van der Waals surface area contributed by atoms with Crippen molar-refractivity contribution < 1.29 is 8.83 Å². The van der Waals surface area contributed by atoms with Gasteiger partial charge in [-0.2, -0.15) is 0 Å². The normalized spacial score (nSPS) is 11.6. The Hall–Kier alpha value is -7.36. The van der Waals surface area contributed by atoms with Crippen LogP contribution in [0.2, 0.25) is 0 Å². The van der Waals surface area contributed by atoms with Crippen LogP contribution in [0.25, 0.3) is 88.0 Å². The van der Waals surface area contributed by atoms with Crippen molar-refractivity contribution in [3.63, 3.8) is 0 Å². The fourth-order valence-electron chi connectivity index (χ4n) is 8.17. The average molecular weight is 704 g/mol. The molecule has 0 saturated heterocycles. The van der Waals surface area contributed by atoms with E-state index < -0.39 is 0 Å². The van der Waals surface area contributed by atoms with Gasteiger partial charge in [0.15, 0.2) is 0 Å². The van der Waals surface area contributed by atoms with Gasteiger partial charge in [-0.1, -0.05) is 140 Å². The number of rotatable bonds is 6. The Kier molecular flexibility index (Phi) is 7.17. The van der Waals surface area contributed by atoms with Crippen molar-refractivity contribution in [2.75, 3.05) is 4.90 Å². The summed E-state index contributed by atoms with van der Waals surface area (Å²) in [6.07, 6.45) is 0. The largest absolute Gasteiger partial charge is 0.456 e. The van der Waals surface area contributed by atoms with Gasteiger partial charge in [-0.05, 0) is 99.3 Å². The fourth-order valence-corrected chi connectivity index (χ4v) is 8.17. The summed E-state index contributed by atoms with van der Waals surface area (Å²) in [6.45, 7) is 0. The maximum Gasteiger partial charge on any atom is 0.144 e. The van der Waals surface area contributed by atoms with Crippen LogP contribution in [0, 0.1) is 0 Å². The molecule has 2 aromatic heterocycles. The Morgan fingerprint density at radius 3 is 1.62 bits per heavy atom. The second-order valence-corrected chi connectivity index (χ2v) is 14.1. The highest BCUT2D eigenvalue weighted by atomic mass is 16.3. The first-order valence-corrected chi connectivity index (χ1v) is 18.7. The van der Waals surface area contributed by atoms with Crippen molar-refractivity contribution in [3.8, 4) is 33.4 Å². The monoisotopic (exact) mass is 703 g/mol. The van der Waals surface area contributed by atoms with E-state index in [0.717, 1.165) is 83.2 Å². The van der Waals surface area contributed by atoms with Crippen LogP contribution in [-0.4, -0.2) is 0 Å². The van der Waals surface area contributed by atoms with Crippen LogP contribution in [0.1, 0.15) is 0 Å². The summed E-state index contributed by atoms with van der Waals surface area (Å²) < 4.78 is 13.2. The molecule has 0 aliphatic heterocycles. The molecule has 55 heavy (non-hydrogen) atoms. The molecule has 0 unspecified atom stereocenters. The number of para-hydroxylation sites is 1. The molecular weight excluding hydrogens is 671 g/mol. The summed E-state index contributed by atoms with van der Waals surface area (Å²) in [5.74, 6) is 0. The van der Waals surface area contributed by atoms with Crippen molar-refractivity contribution in [2.45, 2.75) is 0 Å². The molecule has 3 nitrogen and oxygen atoms in total. The number of furan rings is 2. The second-order valence-electron chi connectivity index (χ2n) is 14.1. The van der Waals surface area contributed by atoms with Gasteiger partial charge in [0.2, 0.25) is 0 Å².